The smallest absolute Gasteiger partial charge is 0.323 e. The van der Waals surface area contributed by atoms with E-state index in [1.807, 2.05) is 0 Å². The number of carboxylic acids is 1. The maximum absolute atomic E-state index is 11.7. The van der Waals surface area contributed by atoms with Gasteiger partial charge < -0.3 is 9.84 Å². The first-order valence-corrected chi connectivity index (χ1v) is 7.76. The topological polar surface area (TPSA) is 58.6 Å². The molecule has 1 aliphatic carbocycles. The van der Waals surface area contributed by atoms with Crippen molar-refractivity contribution >= 4 is 5.97 Å². The van der Waals surface area contributed by atoms with Gasteiger partial charge in [0.15, 0.2) is 0 Å². The first-order valence-electron chi connectivity index (χ1n) is 7.76. The number of hydrogen-bond acceptors (Lipinski definition) is 3. The zero-order valence-corrected chi connectivity index (χ0v) is 12.0. The van der Waals surface area contributed by atoms with E-state index in [9.17, 15) is 9.90 Å². The van der Waals surface area contributed by atoms with Crippen LogP contribution >= 0.6 is 0 Å². The minimum atomic E-state index is -0.712. The molecule has 0 radical (unpaired) electrons. The minimum absolute atomic E-state index is 0.210. The van der Waals surface area contributed by atoms with Crippen LogP contribution in [0.25, 0.3) is 0 Å². The molecule has 1 saturated heterocycles. The Labute approximate surface area is 115 Å². The van der Waals surface area contributed by atoms with Crippen molar-refractivity contribution in [3.05, 3.63) is 0 Å². The fourth-order valence-corrected chi connectivity index (χ4v) is 3.40. The van der Waals surface area contributed by atoms with Crippen molar-refractivity contribution in [2.24, 2.45) is 5.92 Å². The number of carbonyl (C=O) groups is 1. The molecule has 0 spiro atoms. The minimum Gasteiger partial charge on any atom is -0.480 e. The van der Waals surface area contributed by atoms with Crippen LogP contribution in [-0.4, -0.2) is 35.9 Å². The van der Waals surface area contributed by atoms with Gasteiger partial charge in [0.2, 0.25) is 0 Å². The molecule has 0 aromatic carbocycles. The summed E-state index contributed by atoms with van der Waals surface area (Å²) in [5.74, 6) is 0.0213. The first kappa shape index (κ1) is 14.8. The monoisotopic (exact) mass is 269 g/mol. The maximum Gasteiger partial charge on any atom is 0.323 e. The second-order valence-electron chi connectivity index (χ2n) is 6.11. The highest BCUT2D eigenvalue weighted by atomic mass is 16.5. The highest BCUT2D eigenvalue weighted by Gasteiger charge is 2.40. The third kappa shape index (κ3) is 3.69. The summed E-state index contributed by atoms with van der Waals surface area (Å²) >= 11 is 0. The van der Waals surface area contributed by atoms with E-state index in [0.29, 0.717) is 12.5 Å². The van der Waals surface area contributed by atoms with Crippen molar-refractivity contribution in [3.8, 4) is 0 Å². The number of carboxylic acid groups (broad SMARTS) is 1. The van der Waals surface area contributed by atoms with Crippen LogP contribution in [0, 0.1) is 5.92 Å². The highest BCUT2D eigenvalue weighted by Crippen LogP contribution is 2.32. The lowest BCUT2D eigenvalue weighted by atomic mass is 9.89. The highest BCUT2D eigenvalue weighted by molar-refractivity contribution is 5.78. The maximum atomic E-state index is 11.7. The second-order valence-corrected chi connectivity index (χ2v) is 6.11. The molecule has 2 aliphatic rings. The summed E-state index contributed by atoms with van der Waals surface area (Å²) in [4.78, 5) is 11.7. The summed E-state index contributed by atoms with van der Waals surface area (Å²) in [5.41, 5.74) is -0.712. The molecule has 0 aromatic heterocycles. The fourth-order valence-electron chi connectivity index (χ4n) is 3.40. The van der Waals surface area contributed by atoms with Crippen LogP contribution in [0.4, 0.5) is 0 Å². The van der Waals surface area contributed by atoms with E-state index in [2.05, 4.69) is 12.2 Å². The average molecular weight is 269 g/mol. The predicted octanol–water partition coefficient (Wildman–Crippen LogP) is 2.57. The van der Waals surface area contributed by atoms with Crippen molar-refractivity contribution in [1.82, 2.24) is 5.32 Å². The third-order valence-corrected chi connectivity index (χ3v) is 4.87. The third-order valence-electron chi connectivity index (χ3n) is 4.87. The number of nitrogens with one attached hydrogen (secondary N) is 1. The molecule has 2 rings (SSSR count). The molecule has 3 atom stereocenters. The summed E-state index contributed by atoms with van der Waals surface area (Å²) in [6.45, 7) is 3.71. The van der Waals surface area contributed by atoms with E-state index in [1.165, 1.54) is 12.8 Å². The van der Waals surface area contributed by atoms with Crippen molar-refractivity contribution in [2.45, 2.75) is 69.9 Å². The molecule has 3 unspecified atom stereocenters. The van der Waals surface area contributed by atoms with Crippen LogP contribution in [0.2, 0.25) is 0 Å². The average Bonchev–Trinajstić information content (AvgIpc) is 2.82. The van der Waals surface area contributed by atoms with Gasteiger partial charge in [-0.2, -0.15) is 0 Å². The van der Waals surface area contributed by atoms with Crippen LogP contribution in [0.3, 0.4) is 0 Å². The molecular weight excluding hydrogens is 242 g/mol. The van der Waals surface area contributed by atoms with E-state index >= 15 is 0 Å². The number of ether oxygens (including phenoxy) is 1. The molecule has 1 aliphatic heterocycles. The van der Waals surface area contributed by atoms with E-state index in [1.54, 1.807) is 0 Å². The van der Waals surface area contributed by atoms with Gasteiger partial charge in [-0.3, -0.25) is 10.1 Å². The number of hydrogen-bond donors (Lipinski definition) is 2. The summed E-state index contributed by atoms with van der Waals surface area (Å²) in [5, 5.41) is 13.0. The standard InChI is InChI=1S/C15H27NO3/c1-2-12-5-3-8-15(9-7-12,14(17)18)16-11-13-6-4-10-19-13/h12-13,16H,2-11H2,1H3,(H,17,18). The van der Waals surface area contributed by atoms with E-state index < -0.39 is 11.5 Å². The quantitative estimate of drug-likeness (QED) is 0.753. The van der Waals surface area contributed by atoms with Gasteiger partial charge in [-0.25, -0.2) is 0 Å². The molecule has 0 amide bonds. The SMILES string of the molecule is CCC1CCCC(NCC2CCCO2)(C(=O)O)CC1. The molecule has 2 N–H and O–H groups in total. The van der Waals surface area contributed by atoms with Crippen molar-refractivity contribution in [1.29, 1.82) is 0 Å². The molecule has 19 heavy (non-hydrogen) atoms. The molecular formula is C15H27NO3. The van der Waals surface area contributed by atoms with E-state index in [-0.39, 0.29) is 6.10 Å². The van der Waals surface area contributed by atoms with Gasteiger partial charge in [0, 0.05) is 13.2 Å². The predicted molar refractivity (Wildman–Crippen MR) is 74.2 cm³/mol. The zero-order valence-electron chi connectivity index (χ0n) is 12.0. The van der Waals surface area contributed by atoms with Gasteiger partial charge in [0.1, 0.15) is 5.54 Å². The molecule has 110 valence electrons. The number of aliphatic carboxylic acids is 1. The Morgan fingerprint density at radius 3 is 2.79 bits per heavy atom. The number of rotatable bonds is 5. The Hall–Kier alpha value is -0.610. The Balaban J connectivity index is 1.94. The molecule has 4 heteroatoms. The fraction of sp³-hybridized carbons (Fsp3) is 0.933. The molecule has 4 nitrogen and oxygen atoms in total. The lowest BCUT2D eigenvalue weighted by Gasteiger charge is -2.30. The van der Waals surface area contributed by atoms with Gasteiger partial charge >= 0.3 is 5.97 Å². The van der Waals surface area contributed by atoms with E-state index in [4.69, 9.17) is 4.74 Å². The Bertz CT molecular complexity index is 302. The van der Waals surface area contributed by atoms with Crippen LogP contribution < -0.4 is 5.32 Å². The molecule has 1 heterocycles. The lowest BCUT2D eigenvalue weighted by molar-refractivity contribution is -0.145. The molecule has 0 bridgehead atoms. The Morgan fingerprint density at radius 1 is 1.32 bits per heavy atom. The van der Waals surface area contributed by atoms with Gasteiger partial charge in [0.25, 0.3) is 0 Å². The molecule has 1 saturated carbocycles. The van der Waals surface area contributed by atoms with Gasteiger partial charge in [-0.05, 0) is 38.0 Å². The Morgan fingerprint density at radius 2 is 2.16 bits per heavy atom. The largest absolute Gasteiger partial charge is 0.480 e. The van der Waals surface area contributed by atoms with Gasteiger partial charge in [0.05, 0.1) is 6.10 Å². The van der Waals surface area contributed by atoms with Crippen LogP contribution in [0.15, 0.2) is 0 Å². The van der Waals surface area contributed by atoms with Crippen LogP contribution in [0.1, 0.15) is 58.3 Å². The van der Waals surface area contributed by atoms with E-state index in [0.717, 1.165) is 45.1 Å². The second kappa shape index (κ2) is 6.71. The first-order chi connectivity index (χ1) is 9.16. The van der Waals surface area contributed by atoms with Crippen molar-refractivity contribution in [2.75, 3.05) is 13.2 Å². The normalized spacial score (nSPS) is 36.1. The summed E-state index contributed by atoms with van der Waals surface area (Å²) in [6.07, 6.45) is 8.27. The summed E-state index contributed by atoms with van der Waals surface area (Å²) < 4.78 is 5.59. The van der Waals surface area contributed by atoms with Gasteiger partial charge in [-0.15, -0.1) is 0 Å². The van der Waals surface area contributed by atoms with Crippen LogP contribution in [-0.2, 0) is 9.53 Å². The van der Waals surface area contributed by atoms with Gasteiger partial charge in [-0.1, -0.05) is 26.2 Å². The van der Waals surface area contributed by atoms with Crippen LogP contribution in [0.5, 0.6) is 0 Å². The van der Waals surface area contributed by atoms with Crippen molar-refractivity contribution < 1.29 is 14.6 Å². The van der Waals surface area contributed by atoms with Crippen molar-refractivity contribution in [3.63, 3.8) is 0 Å². The lowest BCUT2D eigenvalue weighted by Crippen LogP contribution is -2.53. The molecule has 0 aromatic rings. The molecule has 2 fully saturated rings. The zero-order chi connectivity index (χ0) is 13.7. The Kier molecular flexibility index (Phi) is 5.22. The summed E-state index contributed by atoms with van der Waals surface area (Å²) in [7, 11) is 0. The summed E-state index contributed by atoms with van der Waals surface area (Å²) in [6, 6.07) is 0.